The van der Waals surface area contributed by atoms with Crippen molar-refractivity contribution in [1.82, 2.24) is 15.1 Å². The van der Waals surface area contributed by atoms with Gasteiger partial charge in [-0.15, -0.1) is 0 Å². The van der Waals surface area contributed by atoms with Gasteiger partial charge in [-0.05, 0) is 55.2 Å². The molecule has 4 aromatic rings. The Morgan fingerprint density at radius 3 is 2.46 bits per heavy atom. The normalized spacial score (nSPS) is 13.1. The summed E-state index contributed by atoms with van der Waals surface area (Å²) in [6, 6.07) is 23.2. The molecule has 0 unspecified atom stereocenters. The molecule has 5 rings (SSSR count). The van der Waals surface area contributed by atoms with Crippen LogP contribution in [0.15, 0.2) is 78.9 Å². The average molecular weight is 515 g/mol. The molecule has 188 valence electrons. The number of benzene rings is 3. The van der Waals surface area contributed by atoms with Crippen molar-refractivity contribution < 1.29 is 14.7 Å². The SMILES string of the molecule is O=C(Nc1ccc(-c2cc(C3CCC3)n(C(=O)NCCc3ccccc3)n2)c(O)c1)c1ccccc1Cl. The zero-order chi connectivity index (χ0) is 25.8. The fourth-order valence-corrected chi connectivity index (χ4v) is 4.61. The second-order valence-corrected chi connectivity index (χ2v) is 9.53. The Morgan fingerprint density at radius 1 is 1.00 bits per heavy atom. The topological polar surface area (TPSA) is 96.3 Å². The Kier molecular flexibility index (Phi) is 7.23. The summed E-state index contributed by atoms with van der Waals surface area (Å²) in [7, 11) is 0. The van der Waals surface area contributed by atoms with Crippen LogP contribution >= 0.6 is 11.6 Å². The summed E-state index contributed by atoms with van der Waals surface area (Å²) >= 11 is 6.12. The minimum Gasteiger partial charge on any atom is -0.507 e. The molecule has 1 aliphatic rings. The molecule has 8 heteroatoms. The Morgan fingerprint density at radius 2 is 1.76 bits per heavy atom. The molecule has 3 N–H and O–H groups in total. The molecule has 0 bridgehead atoms. The summed E-state index contributed by atoms with van der Waals surface area (Å²) in [5.74, 6) is -0.162. The van der Waals surface area contributed by atoms with Crippen molar-refractivity contribution >= 4 is 29.2 Å². The van der Waals surface area contributed by atoms with Crippen molar-refractivity contribution in [2.75, 3.05) is 11.9 Å². The number of carbonyl (C=O) groups is 2. The predicted octanol–water partition coefficient (Wildman–Crippen LogP) is 6.23. The summed E-state index contributed by atoms with van der Waals surface area (Å²) in [6.07, 6.45) is 3.84. The molecule has 0 aliphatic heterocycles. The molecule has 7 nitrogen and oxygen atoms in total. The third-order valence-corrected chi connectivity index (χ3v) is 6.97. The first-order valence-electron chi connectivity index (χ1n) is 12.3. The van der Waals surface area contributed by atoms with Crippen LogP contribution in [0.1, 0.15) is 46.8 Å². The lowest BCUT2D eigenvalue weighted by atomic mass is 9.82. The maximum Gasteiger partial charge on any atom is 0.342 e. The number of anilines is 1. The van der Waals surface area contributed by atoms with Crippen molar-refractivity contribution in [2.24, 2.45) is 0 Å². The number of nitrogens with zero attached hydrogens (tertiary/aromatic N) is 2. The van der Waals surface area contributed by atoms with Gasteiger partial charge in [0.2, 0.25) is 0 Å². The standard InChI is InChI=1S/C29H27ClN4O3/c30-24-12-5-4-11-22(24)28(36)32-21-13-14-23(27(35)17-21)25-18-26(20-9-6-10-20)34(33-25)29(37)31-16-15-19-7-2-1-3-8-19/h1-5,7-8,11-14,17-18,20,35H,6,9-10,15-16H2,(H,31,37)(H,32,36). The van der Waals surface area contributed by atoms with Crippen LogP contribution in [-0.4, -0.2) is 33.4 Å². The van der Waals surface area contributed by atoms with Crippen molar-refractivity contribution in [3.63, 3.8) is 0 Å². The van der Waals surface area contributed by atoms with Gasteiger partial charge in [-0.2, -0.15) is 9.78 Å². The Balaban J connectivity index is 1.33. The molecule has 0 radical (unpaired) electrons. The molecule has 37 heavy (non-hydrogen) atoms. The van der Waals surface area contributed by atoms with Crippen LogP contribution in [0.2, 0.25) is 5.02 Å². The van der Waals surface area contributed by atoms with E-state index in [9.17, 15) is 14.7 Å². The van der Waals surface area contributed by atoms with Crippen molar-refractivity contribution in [1.29, 1.82) is 0 Å². The third kappa shape index (κ3) is 5.52. The lowest BCUT2D eigenvalue weighted by Gasteiger charge is -2.25. The van der Waals surface area contributed by atoms with Crippen LogP contribution in [0.4, 0.5) is 10.5 Å². The van der Waals surface area contributed by atoms with Gasteiger partial charge in [-0.3, -0.25) is 4.79 Å². The van der Waals surface area contributed by atoms with Crippen LogP contribution in [-0.2, 0) is 6.42 Å². The molecule has 0 atom stereocenters. The number of rotatable bonds is 7. The maximum atomic E-state index is 13.0. The van der Waals surface area contributed by atoms with E-state index in [1.54, 1.807) is 36.4 Å². The molecular weight excluding hydrogens is 488 g/mol. The van der Waals surface area contributed by atoms with E-state index in [1.165, 1.54) is 10.7 Å². The van der Waals surface area contributed by atoms with Gasteiger partial charge < -0.3 is 15.7 Å². The predicted molar refractivity (Wildman–Crippen MR) is 144 cm³/mol. The largest absolute Gasteiger partial charge is 0.507 e. The number of aromatic nitrogens is 2. The van der Waals surface area contributed by atoms with E-state index in [4.69, 9.17) is 11.6 Å². The highest BCUT2D eigenvalue weighted by molar-refractivity contribution is 6.34. The Bertz CT molecular complexity index is 1430. The van der Waals surface area contributed by atoms with E-state index in [-0.39, 0.29) is 23.6 Å². The second kappa shape index (κ2) is 10.9. The van der Waals surface area contributed by atoms with E-state index in [0.29, 0.717) is 34.1 Å². The van der Waals surface area contributed by atoms with Gasteiger partial charge in [-0.1, -0.05) is 60.5 Å². The Hall–Kier alpha value is -4.10. The van der Waals surface area contributed by atoms with Crippen molar-refractivity contribution in [3.05, 3.63) is 101 Å². The zero-order valence-electron chi connectivity index (χ0n) is 20.2. The van der Waals surface area contributed by atoms with Gasteiger partial charge in [0.25, 0.3) is 5.91 Å². The summed E-state index contributed by atoms with van der Waals surface area (Å²) in [6.45, 7) is 0.493. The summed E-state index contributed by atoms with van der Waals surface area (Å²) in [5, 5.41) is 21.4. The fourth-order valence-electron chi connectivity index (χ4n) is 4.39. The smallest absolute Gasteiger partial charge is 0.342 e. The molecule has 0 spiro atoms. The molecule has 1 aromatic heterocycles. The number of aromatic hydroxyl groups is 1. The van der Waals surface area contributed by atoms with Crippen molar-refractivity contribution in [3.8, 4) is 17.0 Å². The van der Waals surface area contributed by atoms with Gasteiger partial charge in [0.1, 0.15) is 5.75 Å². The van der Waals surface area contributed by atoms with E-state index >= 15 is 0 Å². The first-order valence-corrected chi connectivity index (χ1v) is 12.7. The minimum atomic E-state index is -0.374. The van der Waals surface area contributed by atoms with Gasteiger partial charge >= 0.3 is 6.03 Å². The van der Waals surface area contributed by atoms with Crippen LogP contribution in [0.5, 0.6) is 5.75 Å². The molecule has 1 heterocycles. The lowest BCUT2D eigenvalue weighted by molar-refractivity contribution is 0.102. The molecule has 3 aromatic carbocycles. The average Bonchev–Trinajstić information content (AvgIpc) is 3.28. The van der Waals surface area contributed by atoms with Crippen LogP contribution < -0.4 is 10.6 Å². The number of halogens is 1. The van der Waals surface area contributed by atoms with Gasteiger partial charge in [-0.25, -0.2) is 4.79 Å². The number of amides is 2. The van der Waals surface area contributed by atoms with E-state index in [1.807, 2.05) is 36.4 Å². The quantitative estimate of drug-likeness (QED) is 0.272. The maximum absolute atomic E-state index is 13.0. The lowest BCUT2D eigenvalue weighted by Crippen LogP contribution is -2.33. The van der Waals surface area contributed by atoms with E-state index in [0.717, 1.165) is 36.9 Å². The summed E-state index contributed by atoms with van der Waals surface area (Å²) < 4.78 is 1.43. The fraction of sp³-hybridized carbons (Fsp3) is 0.207. The third-order valence-electron chi connectivity index (χ3n) is 6.64. The molecular formula is C29H27ClN4O3. The number of nitrogens with one attached hydrogen (secondary N) is 2. The molecule has 2 amide bonds. The molecule has 1 aliphatic carbocycles. The van der Waals surface area contributed by atoms with Crippen LogP contribution in [0, 0.1) is 0 Å². The Labute approximate surface area is 220 Å². The van der Waals surface area contributed by atoms with Crippen LogP contribution in [0.3, 0.4) is 0 Å². The highest BCUT2D eigenvalue weighted by Gasteiger charge is 2.27. The number of hydrogen-bond donors (Lipinski definition) is 3. The van der Waals surface area contributed by atoms with Crippen LogP contribution in [0.25, 0.3) is 11.3 Å². The van der Waals surface area contributed by atoms with Gasteiger partial charge in [0.15, 0.2) is 0 Å². The molecule has 1 fully saturated rings. The molecule has 0 saturated heterocycles. The second-order valence-electron chi connectivity index (χ2n) is 9.13. The van der Waals surface area contributed by atoms with Gasteiger partial charge in [0.05, 0.1) is 22.0 Å². The summed E-state index contributed by atoms with van der Waals surface area (Å²) in [4.78, 5) is 25.6. The minimum absolute atomic E-state index is 0.0498. The summed E-state index contributed by atoms with van der Waals surface area (Å²) in [5.41, 5.74) is 3.73. The number of carbonyl (C=O) groups excluding carboxylic acids is 2. The van der Waals surface area contributed by atoms with E-state index in [2.05, 4.69) is 15.7 Å². The van der Waals surface area contributed by atoms with E-state index < -0.39 is 0 Å². The highest BCUT2D eigenvalue weighted by Crippen LogP contribution is 2.39. The zero-order valence-corrected chi connectivity index (χ0v) is 20.9. The first-order chi connectivity index (χ1) is 18.0. The van der Waals surface area contributed by atoms with Gasteiger partial charge in [0, 0.05) is 29.8 Å². The monoisotopic (exact) mass is 514 g/mol. The molecule has 1 saturated carbocycles. The first kappa shape index (κ1) is 24.6. The van der Waals surface area contributed by atoms with Crippen molar-refractivity contribution in [2.45, 2.75) is 31.6 Å². The number of phenols is 1. The number of hydrogen-bond acceptors (Lipinski definition) is 4. The highest BCUT2D eigenvalue weighted by atomic mass is 35.5. The number of phenolic OH excluding ortho intramolecular Hbond substituents is 1.